The van der Waals surface area contributed by atoms with E-state index >= 15 is 0 Å². The predicted molar refractivity (Wildman–Crippen MR) is 51.9 cm³/mol. The second-order valence-electron chi connectivity index (χ2n) is 3.51. The number of methoxy groups -OCH3 is 1. The van der Waals surface area contributed by atoms with E-state index in [0.29, 0.717) is 18.6 Å². The average molecular weight is 285 g/mol. The van der Waals surface area contributed by atoms with Gasteiger partial charge in [0.25, 0.3) is 0 Å². The van der Waals surface area contributed by atoms with Crippen molar-refractivity contribution < 1.29 is 35.9 Å². The summed E-state index contributed by atoms with van der Waals surface area (Å²) < 4.78 is 78.9. The molecule has 0 heterocycles. The number of carbonyl (C=O) groups is 1. The summed E-state index contributed by atoms with van der Waals surface area (Å²) in [5, 5.41) is 0. The number of alkyl halides is 6. The Labute approximate surface area is 104 Å². The quantitative estimate of drug-likeness (QED) is 0.614. The van der Waals surface area contributed by atoms with Gasteiger partial charge in [-0.05, 0) is 23.8 Å². The molecule has 0 amide bonds. The van der Waals surface area contributed by atoms with Gasteiger partial charge in [0.05, 0.1) is 24.7 Å². The molecule has 19 heavy (non-hydrogen) atoms. The zero-order chi connectivity index (χ0) is 14.8. The standard InChI is InChI=1S/C11H7F6O2/c1-19-9(18)4-6-2-7(10(12,13)14)5-8(3-6)11(15,16)17/h2-5H,1H3. The van der Waals surface area contributed by atoms with Crippen molar-refractivity contribution in [1.82, 2.24) is 0 Å². The number of rotatable bonds is 2. The minimum Gasteiger partial charge on any atom is -0.469 e. The molecule has 0 atom stereocenters. The van der Waals surface area contributed by atoms with Crippen LogP contribution in [0.25, 0.3) is 0 Å². The van der Waals surface area contributed by atoms with Gasteiger partial charge in [-0.25, -0.2) is 0 Å². The topological polar surface area (TPSA) is 26.3 Å². The zero-order valence-electron chi connectivity index (χ0n) is 9.39. The molecule has 0 aromatic heterocycles. The first-order chi connectivity index (χ1) is 8.54. The third kappa shape index (κ3) is 4.15. The highest BCUT2D eigenvalue weighted by molar-refractivity contribution is 5.83. The van der Waals surface area contributed by atoms with Crippen molar-refractivity contribution in [2.45, 2.75) is 12.4 Å². The Hall–Kier alpha value is -1.73. The highest BCUT2D eigenvalue weighted by Gasteiger charge is 2.37. The summed E-state index contributed by atoms with van der Waals surface area (Å²) in [6, 6.07) is 0.854. The molecule has 0 saturated heterocycles. The lowest BCUT2D eigenvalue weighted by Crippen LogP contribution is -2.12. The highest BCUT2D eigenvalue weighted by Crippen LogP contribution is 2.36. The molecule has 8 heteroatoms. The first-order valence-electron chi connectivity index (χ1n) is 4.76. The van der Waals surface area contributed by atoms with E-state index in [-0.39, 0.29) is 6.07 Å². The number of carbonyl (C=O) groups excluding carboxylic acids is 1. The van der Waals surface area contributed by atoms with Crippen molar-refractivity contribution in [1.29, 1.82) is 0 Å². The molecule has 0 fully saturated rings. The summed E-state index contributed by atoms with van der Waals surface area (Å²) in [5.41, 5.74) is -3.51. The van der Waals surface area contributed by atoms with Crippen LogP contribution < -0.4 is 0 Å². The summed E-state index contributed by atoms with van der Waals surface area (Å²) in [4.78, 5) is 10.9. The van der Waals surface area contributed by atoms with Gasteiger partial charge in [0.2, 0.25) is 0 Å². The molecule has 1 rings (SSSR count). The molecule has 1 aromatic carbocycles. The van der Waals surface area contributed by atoms with Crippen molar-refractivity contribution in [3.05, 3.63) is 41.3 Å². The molecule has 0 aliphatic rings. The van der Waals surface area contributed by atoms with Gasteiger partial charge in [0, 0.05) is 0 Å². The van der Waals surface area contributed by atoms with E-state index in [1.807, 2.05) is 0 Å². The third-order valence-corrected chi connectivity index (χ3v) is 2.10. The zero-order valence-corrected chi connectivity index (χ0v) is 9.39. The van der Waals surface area contributed by atoms with Crippen LogP contribution in [-0.4, -0.2) is 13.1 Å². The van der Waals surface area contributed by atoms with E-state index in [1.54, 1.807) is 0 Å². The van der Waals surface area contributed by atoms with Crippen LogP contribution in [0.2, 0.25) is 0 Å². The Morgan fingerprint density at radius 3 is 1.74 bits per heavy atom. The van der Waals surface area contributed by atoms with Crippen molar-refractivity contribution >= 4 is 5.97 Å². The van der Waals surface area contributed by atoms with Crippen LogP contribution in [-0.2, 0) is 21.9 Å². The number of hydrogen-bond donors (Lipinski definition) is 0. The fourth-order valence-corrected chi connectivity index (χ4v) is 1.26. The second-order valence-corrected chi connectivity index (χ2v) is 3.51. The molecule has 2 nitrogen and oxygen atoms in total. The fourth-order valence-electron chi connectivity index (χ4n) is 1.26. The van der Waals surface area contributed by atoms with Crippen LogP contribution in [0, 0.1) is 6.42 Å². The van der Waals surface area contributed by atoms with Crippen LogP contribution in [0.5, 0.6) is 0 Å². The smallest absolute Gasteiger partial charge is 0.416 e. The van der Waals surface area contributed by atoms with E-state index in [9.17, 15) is 31.1 Å². The number of benzene rings is 1. The molecule has 0 N–H and O–H groups in total. The van der Waals surface area contributed by atoms with Gasteiger partial charge in [0.1, 0.15) is 0 Å². The molecule has 0 unspecified atom stereocenters. The van der Waals surface area contributed by atoms with Crippen LogP contribution in [0.1, 0.15) is 16.7 Å². The Morgan fingerprint density at radius 1 is 1.00 bits per heavy atom. The monoisotopic (exact) mass is 285 g/mol. The van der Waals surface area contributed by atoms with E-state index in [4.69, 9.17) is 0 Å². The molecule has 0 spiro atoms. The lowest BCUT2D eigenvalue weighted by molar-refractivity contribution is -0.143. The number of ether oxygens (including phenoxy) is 1. The molecular formula is C11H7F6O2. The van der Waals surface area contributed by atoms with E-state index in [2.05, 4.69) is 4.74 Å². The van der Waals surface area contributed by atoms with Crippen molar-refractivity contribution in [3.63, 3.8) is 0 Å². The molecule has 0 saturated carbocycles. The number of esters is 1. The first-order valence-corrected chi connectivity index (χ1v) is 4.76. The van der Waals surface area contributed by atoms with Crippen molar-refractivity contribution in [2.75, 3.05) is 7.11 Å². The molecular weight excluding hydrogens is 278 g/mol. The average Bonchev–Trinajstić information content (AvgIpc) is 2.26. The first kappa shape index (κ1) is 15.3. The van der Waals surface area contributed by atoms with Crippen molar-refractivity contribution in [3.8, 4) is 0 Å². The summed E-state index contributed by atoms with van der Waals surface area (Å²) in [6.07, 6.45) is -9.34. The lowest BCUT2D eigenvalue weighted by atomic mass is 10.0. The molecule has 1 radical (unpaired) electrons. The maximum Gasteiger partial charge on any atom is 0.416 e. The minimum absolute atomic E-state index is 0.0192. The van der Waals surface area contributed by atoms with Gasteiger partial charge in [0.15, 0.2) is 0 Å². The van der Waals surface area contributed by atoms with Gasteiger partial charge in [-0.2, -0.15) is 26.3 Å². The van der Waals surface area contributed by atoms with Gasteiger partial charge < -0.3 is 4.74 Å². The normalized spacial score (nSPS) is 12.4. The minimum atomic E-state index is -4.94. The highest BCUT2D eigenvalue weighted by atomic mass is 19.4. The summed E-state index contributed by atoms with van der Waals surface area (Å²) in [5.74, 6) is -1.05. The van der Waals surface area contributed by atoms with Gasteiger partial charge >= 0.3 is 18.3 Å². The fraction of sp³-hybridized carbons (Fsp3) is 0.273. The Kier molecular flexibility index (Phi) is 4.12. The lowest BCUT2D eigenvalue weighted by Gasteiger charge is -2.13. The maximum absolute atomic E-state index is 12.5. The number of hydrogen-bond acceptors (Lipinski definition) is 2. The van der Waals surface area contributed by atoms with Gasteiger partial charge in [-0.3, -0.25) is 4.79 Å². The predicted octanol–water partition coefficient (Wildman–Crippen LogP) is 3.45. The summed E-state index contributed by atoms with van der Waals surface area (Å²) in [6.45, 7) is 0. The van der Waals surface area contributed by atoms with Gasteiger partial charge in [-0.1, -0.05) is 0 Å². The van der Waals surface area contributed by atoms with E-state index in [0.717, 1.165) is 7.11 Å². The van der Waals surface area contributed by atoms with E-state index < -0.39 is 35.0 Å². The van der Waals surface area contributed by atoms with Crippen LogP contribution in [0.4, 0.5) is 26.3 Å². The Morgan fingerprint density at radius 2 is 1.42 bits per heavy atom. The molecule has 0 aliphatic heterocycles. The summed E-state index contributed by atoms with van der Waals surface area (Å²) >= 11 is 0. The van der Waals surface area contributed by atoms with Crippen LogP contribution >= 0.6 is 0 Å². The molecule has 1 aromatic rings. The summed E-state index contributed by atoms with van der Waals surface area (Å²) in [7, 11) is 0.955. The second kappa shape index (κ2) is 5.10. The van der Waals surface area contributed by atoms with Crippen LogP contribution in [0.3, 0.4) is 0 Å². The van der Waals surface area contributed by atoms with Gasteiger partial charge in [-0.15, -0.1) is 0 Å². The van der Waals surface area contributed by atoms with E-state index in [1.165, 1.54) is 0 Å². The van der Waals surface area contributed by atoms with Crippen molar-refractivity contribution in [2.24, 2.45) is 0 Å². The maximum atomic E-state index is 12.5. The molecule has 0 aliphatic carbocycles. The van der Waals surface area contributed by atoms with Crippen LogP contribution in [0.15, 0.2) is 18.2 Å². The third-order valence-electron chi connectivity index (χ3n) is 2.10. The Balaban J connectivity index is 3.29. The Bertz CT molecular complexity index is 443. The SMILES string of the molecule is COC(=O)[CH]c1cc(C(F)(F)F)cc(C(F)(F)F)c1. The largest absolute Gasteiger partial charge is 0.469 e. The number of halogens is 6. The molecule has 0 bridgehead atoms. The molecule has 105 valence electrons.